The first kappa shape index (κ1) is 52.5. The van der Waals surface area contributed by atoms with Crippen LogP contribution in [0.15, 0.2) is 24.3 Å². The molecule has 0 radical (unpaired) electrons. The molecule has 0 heterocycles. The van der Waals surface area contributed by atoms with Gasteiger partial charge in [0.25, 0.3) is 7.82 Å². The van der Waals surface area contributed by atoms with E-state index >= 15 is 0 Å². The van der Waals surface area contributed by atoms with Crippen molar-refractivity contribution in [3.63, 3.8) is 0 Å². The van der Waals surface area contributed by atoms with Gasteiger partial charge in [-0.1, -0.05) is 147 Å². The van der Waals surface area contributed by atoms with Gasteiger partial charge in [0.05, 0.1) is 27.7 Å². The quantitative estimate of drug-likeness (QED) is 0.0198. The van der Waals surface area contributed by atoms with E-state index in [1.165, 1.54) is 103 Å². The summed E-state index contributed by atoms with van der Waals surface area (Å²) in [4.78, 5) is 37.5. The van der Waals surface area contributed by atoms with E-state index in [1.807, 2.05) is 21.1 Å². The fraction of sp³-hybridized carbons (Fsp3) is 0.864. The molecule has 0 saturated carbocycles. The molecule has 1 unspecified atom stereocenters. The first-order valence-electron chi connectivity index (χ1n) is 22.0. The molecule has 54 heavy (non-hydrogen) atoms. The number of carbonyl (C=O) groups excluding carboxylic acids is 2. The average Bonchev–Trinajstić information content (AvgIpc) is 3.12. The molecule has 9 nitrogen and oxygen atoms in total. The van der Waals surface area contributed by atoms with Crippen LogP contribution in [0.4, 0.5) is 0 Å². The Balaban J connectivity index is 4.36. The summed E-state index contributed by atoms with van der Waals surface area (Å²) < 4.78 is 33.9. The maximum Gasteiger partial charge on any atom is 0.306 e. The van der Waals surface area contributed by atoms with Crippen LogP contribution in [0.25, 0.3) is 0 Å². The number of phosphoric ester groups is 1. The molecule has 0 aliphatic carbocycles. The molecule has 0 aliphatic rings. The summed E-state index contributed by atoms with van der Waals surface area (Å²) in [6.45, 7) is 4.19. The number of hydrogen-bond donors (Lipinski definition) is 0. The van der Waals surface area contributed by atoms with Crippen molar-refractivity contribution in [2.45, 2.75) is 200 Å². The lowest BCUT2D eigenvalue weighted by atomic mass is 10.1. The standard InChI is InChI=1S/C44H84NO8P/c1-6-8-10-12-14-16-18-20-22-24-26-28-30-32-34-36-43(46)50-40-42(41-52-54(48,49)51-39-38-45(3,4)5)53-44(47)37-35-33-31-29-27-25-23-21-19-17-15-13-11-9-7-2/h13,15,20,22,42H,6-12,14,16-19,21,23-41H2,1-5H3/b15-13+,22-20+/t42-/m1/s1. The van der Waals surface area contributed by atoms with Crippen LogP contribution >= 0.6 is 7.82 Å². The molecule has 0 bridgehead atoms. The molecule has 0 fully saturated rings. The molecule has 2 atom stereocenters. The molecular formula is C44H84NO8P. The van der Waals surface area contributed by atoms with Crippen LogP contribution < -0.4 is 4.89 Å². The van der Waals surface area contributed by atoms with Gasteiger partial charge in [-0.3, -0.25) is 14.2 Å². The number of esters is 2. The number of hydrogen-bond acceptors (Lipinski definition) is 8. The first-order chi connectivity index (χ1) is 26.0. The number of quaternary nitrogens is 1. The van der Waals surface area contributed by atoms with Crippen LogP contribution in [0.2, 0.25) is 0 Å². The Bertz CT molecular complexity index is 980. The zero-order chi connectivity index (χ0) is 40.0. The maximum atomic E-state index is 12.7. The third kappa shape index (κ3) is 40.2. The summed E-state index contributed by atoms with van der Waals surface area (Å²) in [5, 5.41) is 0. The second kappa shape index (κ2) is 37.1. The van der Waals surface area contributed by atoms with Crippen LogP contribution in [0.3, 0.4) is 0 Å². The number of likely N-dealkylation sites (N-methyl/N-ethyl adjacent to an activating group) is 1. The minimum atomic E-state index is -4.62. The van der Waals surface area contributed by atoms with E-state index in [-0.39, 0.29) is 26.1 Å². The molecule has 318 valence electrons. The number of carbonyl (C=O) groups is 2. The van der Waals surface area contributed by atoms with Crippen molar-refractivity contribution in [1.82, 2.24) is 0 Å². The lowest BCUT2D eigenvalue weighted by Crippen LogP contribution is -2.37. The van der Waals surface area contributed by atoms with Crippen molar-refractivity contribution in [3.05, 3.63) is 24.3 Å². The fourth-order valence-electron chi connectivity index (χ4n) is 5.92. The largest absolute Gasteiger partial charge is 0.756 e. The van der Waals surface area contributed by atoms with Gasteiger partial charge in [0, 0.05) is 12.8 Å². The number of allylic oxidation sites excluding steroid dienone is 4. The van der Waals surface area contributed by atoms with Crippen LogP contribution in [-0.2, 0) is 32.7 Å². The molecule has 0 spiro atoms. The zero-order valence-corrected chi connectivity index (χ0v) is 36.6. The average molecular weight is 786 g/mol. The highest BCUT2D eigenvalue weighted by atomic mass is 31.2. The Kier molecular flexibility index (Phi) is 36.1. The predicted molar refractivity (Wildman–Crippen MR) is 222 cm³/mol. The molecule has 0 saturated heterocycles. The highest BCUT2D eigenvalue weighted by Crippen LogP contribution is 2.38. The Hall–Kier alpha value is -1.51. The monoisotopic (exact) mass is 786 g/mol. The van der Waals surface area contributed by atoms with E-state index in [9.17, 15) is 19.0 Å². The van der Waals surface area contributed by atoms with Crippen LogP contribution in [-0.4, -0.2) is 70.0 Å². The Morgan fingerprint density at radius 3 is 1.43 bits per heavy atom. The SMILES string of the molecule is CCCC/C=C/CCCCCCCCCCCC(=O)O[C@H](COC(=O)CCCCCCC/C=C/CCCCCCCC)COP(=O)([O-])OCC[N+](C)(C)C. The Morgan fingerprint density at radius 2 is 0.963 bits per heavy atom. The number of rotatable bonds is 40. The molecule has 10 heteroatoms. The summed E-state index contributed by atoms with van der Waals surface area (Å²) in [6, 6.07) is 0. The first-order valence-corrected chi connectivity index (χ1v) is 23.5. The normalized spacial score (nSPS) is 13.8. The lowest BCUT2D eigenvalue weighted by Gasteiger charge is -2.28. The van der Waals surface area contributed by atoms with Crippen LogP contribution in [0.1, 0.15) is 194 Å². The highest BCUT2D eigenvalue weighted by Gasteiger charge is 2.21. The second-order valence-corrected chi connectivity index (χ2v) is 17.5. The molecule has 0 amide bonds. The maximum absolute atomic E-state index is 12.7. The molecule has 0 aliphatic heterocycles. The van der Waals surface area contributed by atoms with E-state index in [2.05, 4.69) is 38.2 Å². The van der Waals surface area contributed by atoms with E-state index < -0.39 is 32.5 Å². The molecular weight excluding hydrogens is 701 g/mol. The summed E-state index contributed by atoms with van der Waals surface area (Å²) in [5.74, 6) is -0.843. The lowest BCUT2D eigenvalue weighted by molar-refractivity contribution is -0.870. The molecule has 0 N–H and O–H groups in total. The van der Waals surface area contributed by atoms with Gasteiger partial charge in [-0.25, -0.2) is 0 Å². The highest BCUT2D eigenvalue weighted by molar-refractivity contribution is 7.45. The predicted octanol–water partition coefficient (Wildman–Crippen LogP) is 11.7. The van der Waals surface area contributed by atoms with Crippen molar-refractivity contribution < 1.29 is 42.1 Å². The molecule has 0 aromatic carbocycles. The van der Waals surface area contributed by atoms with Crippen LogP contribution in [0, 0.1) is 0 Å². The van der Waals surface area contributed by atoms with Crippen molar-refractivity contribution in [1.29, 1.82) is 0 Å². The van der Waals surface area contributed by atoms with Gasteiger partial charge in [-0.15, -0.1) is 0 Å². The van der Waals surface area contributed by atoms with E-state index in [0.717, 1.165) is 57.8 Å². The van der Waals surface area contributed by atoms with Gasteiger partial charge in [-0.05, 0) is 57.8 Å². The third-order valence-electron chi connectivity index (χ3n) is 9.44. The summed E-state index contributed by atoms with van der Waals surface area (Å²) in [7, 11) is 1.16. The third-order valence-corrected chi connectivity index (χ3v) is 10.4. The number of nitrogens with zero attached hydrogens (tertiary/aromatic N) is 1. The summed E-state index contributed by atoms with van der Waals surface area (Å²) in [6.07, 6.45) is 39.1. The Labute approximate surface area is 332 Å². The van der Waals surface area contributed by atoms with Gasteiger partial charge in [0.15, 0.2) is 6.10 Å². The Morgan fingerprint density at radius 1 is 0.556 bits per heavy atom. The van der Waals surface area contributed by atoms with Gasteiger partial charge in [0.1, 0.15) is 19.8 Å². The smallest absolute Gasteiger partial charge is 0.306 e. The molecule has 0 rings (SSSR count). The number of phosphoric acid groups is 1. The van der Waals surface area contributed by atoms with Crippen molar-refractivity contribution >= 4 is 19.8 Å². The number of unbranched alkanes of at least 4 members (excludes halogenated alkanes) is 22. The van der Waals surface area contributed by atoms with Gasteiger partial charge in [-0.2, -0.15) is 0 Å². The van der Waals surface area contributed by atoms with E-state index in [1.54, 1.807) is 0 Å². The van der Waals surface area contributed by atoms with Crippen molar-refractivity contribution in [3.8, 4) is 0 Å². The van der Waals surface area contributed by atoms with Crippen molar-refractivity contribution in [2.75, 3.05) is 47.5 Å². The van der Waals surface area contributed by atoms with E-state index in [4.69, 9.17) is 18.5 Å². The second-order valence-electron chi connectivity index (χ2n) is 16.1. The van der Waals surface area contributed by atoms with Gasteiger partial charge >= 0.3 is 11.9 Å². The van der Waals surface area contributed by atoms with Gasteiger partial charge < -0.3 is 27.9 Å². The van der Waals surface area contributed by atoms with E-state index in [0.29, 0.717) is 17.4 Å². The summed E-state index contributed by atoms with van der Waals surface area (Å²) >= 11 is 0. The van der Waals surface area contributed by atoms with Crippen molar-refractivity contribution in [2.24, 2.45) is 0 Å². The number of ether oxygens (including phenoxy) is 2. The topological polar surface area (TPSA) is 111 Å². The summed E-state index contributed by atoms with van der Waals surface area (Å²) in [5.41, 5.74) is 0. The fourth-order valence-corrected chi connectivity index (χ4v) is 6.65. The zero-order valence-electron chi connectivity index (χ0n) is 35.7. The minimum absolute atomic E-state index is 0.0313. The van der Waals surface area contributed by atoms with Crippen LogP contribution in [0.5, 0.6) is 0 Å². The van der Waals surface area contributed by atoms with Gasteiger partial charge in [0.2, 0.25) is 0 Å². The minimum Gasteiger partial charge on any atom is -0.756 e. The molecule has 0 aromatic rings. The molecule has 0 aromatic heterocycles.